The lowest BCUT2D eigenvalue weighted by atomic mass is 10.1. The van der Waals surface area contributed by atoms with Crippen molar-refractivity contribution in [2.24, 2.45) is 0 Å². The molecular formula is C14H16N2O2. The number of hydrogen-bond donors (Lipinski definition) is 0. The summed E-state index contributed by atoms with van der Waals surface area (Å²) >= 11 is 0. The SMILES string of the molecule is CCOC(=O)c1ccccc1Cn1cc(C)cn1. The van der Waals surface area contributed by atoms with Crippen molar-refractivity contribution in [3.8, 4) is 0 Å². The highest BCUT2D eigenvalue weighted by atomic mass is 16.5. The number of hydrogen-bond acceptors (Lipinski definition) is 3. The summed E-state index contributed by atoms with van der Waals surface area (Å²) in [4.78, 5) is 11.8. The largest absolute Gasteiger partial charge is 0.462 e. The number of ether oxygens (including phenoxy) is 1. The predicted molar refractivity (Wildman–Crippen MR) is 68.5 cm³/mol. The molecule has 0 atom stereocenters. The fraction of sp³-hybridized carbons (Fsp3) is 0.286. The summed E-state index contributed by atoms with van der Waals surface area (Å²) in [6, 6.07) is 7.45. The smallest absolute Gasteiger partial charge is 0.338 e. The molecule has 1 aromatic carbocycles. The fourth-order valence-electron chi connectivity index (χ4n) is 1.79. The van der Waals surface area contributed by atoms with Crippen LogP contribution in [0.3, 0.4) is 0 Å². The van der Waals surface area contributed by atoms with Crippen molar-refractivity contribution in [3.63, 3.8) is 0 Å². The summed E-state index contributed by atoms with van der Waals surface area (Å²) in [6.45, 7) is 4.75. The van der Waals surface area contributed by atoms with Crippen LogP contribution in [0.2, 0.25) is 0 Å². The molecule has 0 amide bonds. The van der Waals surface area contributed by atoms with Gasteiger partial charge in [-0.3, -0.25) is 4.68 Å². The lowest BCUT2D eigenvalue weighted by Crippen LogP contribution is -2.10. The van der Waals surface area contributed by atoms with Gasteiger partial charge >= 0.3 is 5.97 Å². The highest BCUT2D eigenvalue weighted by Gasteiger charge is 2.12. The molecule has 0 N–H and O–H groups in total. The number of rotatable bonds is 4. The van der Waals surface area contributed by atoms with E-state index in [-0.39, 0.29) is 5.97 Å². The number of aromatic nitrogens is 2. The van der Waals surface area contributed by atoms with E-state index in [9.17, 15) is 4.79 Å². The maximum Gasteiger partial charge on any atom is 0.338 e. The van der Waals surface area contributed by atoms with Crippen molar-refractivity contribution in [1.29, 1.82) is 0 Å². The second-order valence-electron chi connectivity index (χ2n) is 4.09. The van der Waals surface area contributed by atoms with Crippen molar-refractivity contribution in [1.82, 2.24) is 9.78 Å². The molecule has 0 radical (unpaired) electrons. The zero-order chi connectivity index (χ0) is 13.0. The summed E-state index contributed by atoms with van der Waals surface area (Å²) in [6.07, 6.45) is 3.74. The molecule has 2 aromatic rings. The van der Waals surface area contributed by atoms with E-state index >= 15 is 0 Å². The first-order chi connectivity index (χ1) is 8.70. The maximum atomic E-state index is 11.8. The number of carbonyl (C=O) groups excluding carboxylic acids is 1. The molecule has 0 aliphatic carbocycles. The van der Waals surface area contributed by atoms with Gasteiger partial charge < -0.3 is 4.74 Å². The van der Waals surface area contributed by atoms with Crippen LogP contribution in [0, 0.1) is 6.92 Å². The van der Waals surface area contributed by atoms with Gasteiger partial charge in [-0.1, -0.05) is 18.2 Å². The first-order valence-electron chi connectivity index (χ1n) is 5.94. The Morgan fingerprint density at radius 2 is 2.17 bits per heavy atom. The molecule has 0 unspecified atom stereocenters. The molecule has 1 aromatic heterocycles. The van der Waals surface area contributed by atoms with Gasteiger partial charge in [0.05, 0.1) is 24.9 Å². The standard InChI is InChI=1S/C14H16N2O2/c1-3-18-14(17)13-7-5-4-6-12(13)10-16-9-11(2)8-15-16/h4-9H,3,10H2,1-2H3. The quantitative estimate of drug-likeness (QED) is 0.776. The lowest BCUT2D eigenvalue weighted by molar-refractivity contribution is 0.0525. The van der Waals surface area contributed by atoms with Crippen LogP contribution < -0.4 is 0 Å². The van der Waals surface area contributed by atoms with Gasteiger partial charge in [0.2, 0.25) is 0 Å². The van der Waals surface area contributed by atoms with Crippen molar-refractivity contribution in [2.75, 3.05) is 6.61 Å². The van der Waals surface area contributed by atoms with Gasteiger partial charge in [0.1, 0.15) is 0 Å². The monoisotopic (exact) mass is 244 g/mol. The second-order valence-corrected chi connectivity index (χ2v) is 4.09. The predicted octanol–water partition coefficient (Wildman–Crippen LogP) is 2.42. The zero-order valence-electron chi connectivity index (χ0n) is 10.6. The molecule has 0 aliphatic rings. The molecule has 0 saturated heterocycles. The Kier molecular flexibility index (Phi) is 3.77. The highest BCUT2D eigenvalue weighted by Crippen LogP contribution is 2.12. The Morgan fingerprint density at radius 1 is 1.39 bits per heavy atom. The Hall–Kier alpha value is -2.10. The van der Waals surface area contributed by atoms with Gasteiger partial charge in [-0.25, -0.2) is 4.79 Å². The molecule has 94 valence electrons. The van der Waals surface area contributed by atoms with E-state index < -0.39 is 0 Å². The summed E-state index contributed by atoms with van der Waals surface area (Å²) in [7, 11) is 0. The molecule has 0 saturated carbocycles. The molecule has 4 nitrogen and oxygen atoms in total. The number of aryl methyl sites for hydroxylation is 1. The molecule has 0 spiro atoms. The normalized spacial score (nSPS) is 10.3. The Bertz CT molecular complexity index is 546. The summed E-state index contributed by atoms with van der Waals surface area (Å²) in [5.41, 5.74) is 2.62. The van der Waals surface area contributed by atoms with E-state index in [0.29, 0.717) is 18.7 Å². The third kappa shape index (κ3) is 2.77. The lowest BCUT2D eigenvalue weighted by Gasteiger charge is -2.08. The fourth-order valence-corrected chi connectivity index (χ4v) is 1.79. The number of nitrogens with zero attached hydrogens (tertiary/aromatic N) is 2. The zero-order valence-corrected chi connectivity index (χ0v) is 10.6. The molecule has 0 aliphatic heterocycles. The Morgan fingerprint density at radius 3 is 2.83 bits per heavy atom. The van der Waals surface area contributed by atoms with Crippen LogP contribution in [0.15, 0.2) is 36.7 Å². The van der Waals surface area contributed by atoms with E-state index in [4.69, 9.17) is 4.74 Å². The minimum atomic E-state index is -0.281. The van der Waals surface area contributed by atoms with Crippen LogP contribution in [0.25, 0.3) is 0 Å². The van der Waals surface area contributed by atoms with E-state index in [2.05, 4.69) is 5.10 Å². The second kappa shape index (κ2) is 5.49. The van der Waals surface area contributed by atoms with Gasteiger partial charge in [-0.2, -0.15) is 5.10 Å². The summed E-state index contributed by atoms with van der Waals surface area (Å²) in [5, 5.41) is 4.22. The maximum absolute atomic E-state index is 11.8. The minimum Gasteiger partial charge on any atom is -0.462 e. The van der Waals surface area contributed by atoms with Crippen molar-refractivity contribution in [2.45, 2.75) is 20.4 Å². The third-order valence-electron chi connectivity index (χ3n) is 2.61. The highest BCUT2D eigenvalue weighted by molar-refractivity contribution is 5.91. The topological polar surface area (TPSA) is 44.1 Å². The molecular weight excluding hydrogens is 228 g/mol. The van der Waals surface area contributed by atoms with E-state index in [0.717, 1.165) is 11.1 Å². The summed E-state index contributed by atoms with van der Waals surface area (Å²) < 4.78 is 6.86. The molecule has 0 fully saturated rings. The van der Waals surface area contributed by atoms with Gasteiger partial charge in [0, 0.05) is 6.20 Å². The van der Waals surface area contributed by atoms with Crippen LogP contribution in [0.5, 0.6) is 0 Å². The molecule has 4 heteroatoms. The van der Waals surface area contributed by atoms with E-state index in [1.165, 1.54) is 0 Å². The molecule has 0 bridgehead atoms. The van der Waals surface area contributed by atoms with Crippen molar-refractivity contribution < 1.29 is 9.53 Å². The summed E-state index contributed by atoms with van der Waals surface area (Å²) in [5.74, 6) is -0.281. The number of benzene rings is 1. The molecule has 18 heavy (non-hydrogen) atoms. The Labute approximate surface area is 106 Å². The van der Waals surface area contributed by atoms with Crippen molar-refractivity contribution in [3.05, 3.63) is 53.3 Å². The van der Waals surface area contributed by atoms with Gasteiger partial charge in [0.25, 0.3) is 0 Å². The molecule has 1 heterocycles. The minimum absolute atomic E-state index is 0.281. The van der Waals surface area contributed by atoms with Crippen LogP contribution in [-0.2, 0) is 11.3 Å². The van der Waals surface area contributed by atoms with Crippen molar-refractivity contribution >= 4 is 5.97 Å². The number of esters is 1. The van der Waals surface area contributed by atoms with Crippen LogP contribution >= 0.6 is 0 Å². The average molecular weight is 244 g/mol. The van der Waals surface area contributed by atoms with Gasteiger partial charge in [-0.15, -0.1) is 0 Å². The van der Waals surface area contributed by atoms with Gasteiger partial charge in [-0.05, 0) is 31.0 Å². The van der Waals surface area contributed by atoms with Crippen LogP contribution in [0.1, 0.15) is 28.4 Å². The number of carbonyl (C=O) groups is 1. The molecule has 2 rings (SSSR count). The van der Waals surface area contributed by atoms with E-state index in [1.54, 1.807) is 19.2 Å². The first kappa shape index (κ1) is 12.4. The average Bonchev–Trinajstić information content (AvgIpc) is 2.76. The third-order valence-corrected chi connectivity index (χ3v) is 2.61. The van der Waals surface area contributed by atoms with Crippen LogP contribution in [-0.4, -0.2) is 22.4 Å². The van der Waals surface area contributed by atoms with E-state index in [1.807, 2.05) is 36.0 Å². The van der Waals surface area contributed by atoms with Crippen LogP contribution in [0.4, 0.5) is 0 Å². The van der Waals surface area contributed by atoms with Gasteiger partial charge in [0.15, 0.2) is 0 Å². The first-order valence-corrected chi connectivity index (χ1v) is 5.94. The Balaban J connectivity index is 2.24.